The van der Waals surface area contributed by atoms with Gasteiger partial charge in [-0.3, -0.25) is 24.1 Å². The van der Waals surface area contributed by atoms with Crippen molar-refractivity contribution in [1.29, 1.82) is 0 Å². The Hall–Kier alpha value is -3.90. The molecule has 0 aromatic heterocycles. The van der Waals surface area contributed by atoms with E-state index in [2.05, 4.69) is 0 Å². The van der Waals surface area contributed by atoms with Crippen LogP contribution in [0.25, 0.3) is 0 Å². The molecule has 4 bridgehead atoms. The number of piperidine rings is 1. The smallest absolute Gasteiger partial charge is 0.239 e. The van der Waals surface area contributed by atoms with E-state index in [0.717, 1.165) is 11.1 Å². The van der Waals surface area contributed by atoms with Crippen molar-refractivity contribution in [3.05, 3.63) is 102 Å². The fourth-order valence-electron chi connectivity index (χ4n) is 7.00. The number of imide groups is 1. The number of anilines is 1. The monoisotopic (exact) mass is 462 g/mol. The molecule has 35 heavy (non-hydrogen) atoms. The predicted molar refractivity (Wildman–Crippen MR) is 127 cm³/mol. The minimum Gasteiger partial charge on any atom is -0.297 e. The summed E-state index contributed by atoms with van der Waals surface area (Å²) in [6, 6.07) is 24.5. The molecule has 7 rings (SSSR count). The molecule has 2 unspecified atom stereocenters. The maximum Gasteiger partial charge on any atom is 0.239 e. The largest absolute Gasteiger partial charge is 0.297 e. The van der Waals surface area contributed by atoms with Crippen LogP contribution in [0.1, 0.15) is 27.4 Å². The molecular formula is C29H22N2O4. The zero-order valence-electron chi connectivity index (χ0n) is 18.8. The lowest BCUT2D eigenvalue weighted by Gasteiger charge is -2.49. The third kappa shape index (κ3) is 2.63. The molecular weight excluding hydrogens is 440 g/mol. The molecule has 0 spiro atoms. The zero-order chi connectivity index (χ0) is 23.8. The van der Waals surface area contributed by atoms with E-state index in [9.17, 15) is 19.2 Å². The highest BCUT2D eigenvalue weighted by Gasteiger charge is 2.71. The second kappa shape index (κ2) is 7.30. The van der Waals surface area contributed by atoms with Crippen LogP contribution >= 0.6 is 0 Å². The Labute approximate surface area is 202 Å². The summed E-state index contributed by atoms with van der Waals surface area (Å²) < 4.78 is 0. The maximum atomic E-state index is 14.1. The third-order valence-corrected chi connectivity index (χ3v) is 8.29. The summed E-state index contributed by atoms with van der Waals surface area (Å²) in [6.45, 7) is 0.499. The van der Waals surface area contributed by atoms with E-state index in [0.29, 0.717) is 17.8 Å². The first kappa shape index (κ1) is 20.5. The molecule has 2 amide bonds. The first-order valence-electron chi connectivity index (χ1n) is 12.0. The zero-order valence-corrected chi connectivity index (χ0v) is 18.8. The Morgan fingerprint density at radius 1 is 0.714 bits per heavy atom. The van der Waals surface area contributed by atoms with Crippen molar-refractivity contribution in [2.45, 2.75) is 24.5 Å². The molecule has 0 saturated carbocycles. The van der Waals surface area contributed by atoms with Crippen LogP contribution < -0.4 is 4.90 Å². The number of carbonyl (C=O) groups excluding carboxylic acids is 4. The number of nitrogens with zero attached hydrogens (tertiary/aromatic N) is 2. The lowest BCUT2D eigenvalue weighted by Crippen LogP contribution is -2.60. The average Bonchev–Trinajstić information content (AvgIpc) is 3.31. The molecule has 4 aliphatic rings. The van der Waals surface area contributed by atoms with Gasteiger partial charge in [0.1, 0.15) is 0 Å². The SMILES string of the molecule is O=C(c1ccccc1)[C@H]1C(=O)[C@@H]2[C@H]3C(=O)N(c4ccccc4)C(=O)[C@H]3[C@H]3C1c1ccccc1CN23. The van der Waals surface area contributed by atoms with Crippen LogP contribution in [0.4, 0.5) is 5.69 Å². The first-order valence-corrected chi connectivity index (χ1v) is 12.0. The summed E-state index contributed by atoms with van der Waals surface area (Å²) in [7, 11) is 0. The molecule has 3 aromatic rings. The van der Waals surface area contributed by atoms with Gasteiger partial charge in [0, 0.05) is 24.1 Å². The Balaban J connectivity index is 1.39. The van der Waals surface area contributed by atoms with Gasteiger partial charge in [-0.2, -0.15) is 0 Å². The van der Waals surface area contributed by atoms with Crippen molar-refractivity contribution in [3.63, 3.8) is 0 Å². The summed E-state index contributed by atoms with van der Waals surface area (Å²) in [5.41, 5.74) is 3.00. The van der Waals surface area contributed by atoms with Crippen LogP contribution in [0.5, 0.6) is 0 Å². The molecule has 3 saturated heterocycles. The number of hydrogen-bond acceptors (Lipinski definition) is 5. The number of fused-ring (bicyclic) bond motifs is 4. The van der Waals surface area contributed by atoms with Gasteiger partial charge in [0.2, 0.25) is 11.8 Å². The lowest BCUT2D eigenvalue weighted by molar-refractivity contribution is -0.137. The van der Waals surface area contributed by atoms with Crippen LogP contribution in [0.3, 0.4) is 0 Å². The Morgan fingerprint density at radius 3 is 2.09 bits per heavy atom. The van der Waals surface area contributed by atoms with E-state index in [1.807, 2.05) is 41.3 Å². The van der Waals surface area contributed by atoms with Crippen molar-refractivity contribution in [2.75, 3.05) is 4.90 Å². The Bertz CT molecular complexity index is 1400. The molecule has 6 heteroatoms. The molecule has 4 heterocycles. The van der Waals surface area contributed by atoms with Gasteiger partial charge in [-0.1, -0.05) is 72.8 Å². The fraction of sp³-hybridized carbons (Fsp3) is 0.241. The number of carbonyl (C=O) groups is 4. The second-order valence-electron chi connectivity index (χ2n) is 9.84. The Morgan fingerprint density at radius 2 is 1.34 bits per heavy atom. The topological polar surface area (TPSA) is 74.8 Å². The van der Waals surface area contributed by atoms with E-state index >= 15 is 0 Å². The van der Waals surface area contributed by atoms with Gasteiger partial charge in [0.05, 0.1) is 29.5 Å². The molecule has 4 aliphatic heterocycles. The van der Waals surface area contributed by atoms with Gasteiger partial charge in [0.25, 0.3) is 0 Å². The van der Waals surface area contributed by atoms with Gasteiger partial charge in [-0.25, -0.2) is 4.90 Å². The van der Waals surface area contributed by atoms with Gasteiger partial charge in [-0.05, 0) is 23.3 Å². The first-order chi connectivity index (χ1) is 17.1. The number of rotatable bonds is 3. The van der Waals surface area contributed by atoms with Crippen molar-refractivity contribution in [2.24, 2.45) is 17.8 Å². The molecule has 3 aromatic carbocycles. The average molecular weight is 463 g/mol. The van der Waals surface area contributed by atoms with Crippen molar-refractivity contribution < 1.29 is 19.2 Å². The van der Waals surface area contributed by atoms with E-state index < -0.39 is 29.7 Å². The summed E-state index contributed by atoms with van der Waals surface area (Å²) in [5, 5.41) is 0. The number of benzene rings is 3. The van der Waals surface area contributed by atoms with Crippen molar-refractivity contribution >= 4 is 29.1 Å². The van der Waals surface area contributed by atoms with Crippen LogP contribution in [-0.4, -0.2) is 40.4 Å². The lowest BCUT2D eigenvalue weighted by atomic mass is 9.67. The Kier molecular flexibility index (Phi) is 4.27. The molecule has 172 valence electrons. The normalized spacial score (nSPS) is 32.4. The minimum atomic E-state index is -0.915. The van der Waals surface area contributed by atoms with Crippen LogP contribution in [0.2, 0.25) is 0 Å². The second-order valence-corrected chi connectivity index (χ2v) is 9.84. The van der Waals surface area contributed by atoms with Gasteiger partial charge in [-0.15, -0.1) is 0 Å². The number of Topliss-reactive ketones (excluding diaryl/α,β-unsaturated/α-hetero) is 2. The van der Waals surface area contributed by atoms with Gasteiger partial charge < -0.3 is 0 Å². The number of ketones is 2. The summed E-state index contributed by atoms with van der Waals surface area (Å²) in [5.74, 6) is -3.89. The third-order valence-electron chi connectivity index (χ3n) is 8.29. The minimum absolute atomic E-state index is 0.230. The highest BCUT2D eigenvalue weighted by Crippen LogP contribution is 2.58. The van der Waals surface area contributed by atoms with E-state index in [4.69, 9.17) is 0 Å². The molecule has 3 fully saturated rings. The molecule has 7 atom stereocenters. The molecule has 0 radical (unpaired) electrons. The van der Waals surface area contributed by atoms with Crippen LogP contribution in [0.15, 0.2) is 84.9 Å². The summed E-state index contributed by atoms with van der Waals surface area (Å²) >= 11 is 0. The van der Waals surface area contributed by atoms with Crippen LogP contribution in [0, 0.1) is 17.8 Å². The summed E-state index contributed by atoms with van der Waals surface area (Å²) in [6.07, 6.45) is 0. The van der Waals surface area contributed by atoms with E-state index in [-0.39, 0.29) is 29.4 Å². The van der Waals surface area contributed by atoms with E-state index in [1.165, 1.54) is 4.90 Å². The van der Waals surface area contributed by atoms with Crippen molar-refractivity contribution in [1.82, 2.24) is 4.90 Å². The number of para-hydroxylation sites is 1. The number of hydrogen-bond donors (Lipinski definition) is 0. The number of amides is 2. The highest BCUT2D eigenvalue weighted by atomic mass is 16.2. The molecule has 0 N–H and O–H groups in total. The van der Waals surface area contributed by atoms with Gasteiger partial charge in [0.15, 0.2) is 11.6 Å². The standard InChI is InChI=1S/C29H22N2O4/c32-26(16-9-3-1-4-10-16)23-20-19-14-8-7-11-17(19)15-30-24(20)21-22(25(30)27(23)33)29(35)31(28(21)34)18-12-5-2-6-13-18/h1-14,20-25H,15H2/t20?,21-,22+,23+,24-,25+/m1/s1. The summed E-state index contributed by atoms with van der Waals surface area (Å²) in [4.78, 5) is 58.8. The van der Waals surface area contributed by atoms with Crippen molar-refractivity contribution in [3.8, 4) is 0 Å². The predicted octanol–water partition coefficient (Wildman–Crippen LogP) is 3.22. The highest BCUT2D eigenvalue weighted by molar-refractivity contribution is 6.25. The van der Waals surface area contributed by atoms with Crippen LogP contribution in [-0.2, 0) is 20.9 Å². The van der Waals surface area contributed by atoms with E-state index in [1.54, 1.807) is 48.5 Å². The molecule has 0 aliphatic carbocycles. The maximum absolute atomic E-state index is 14.1. The fourth-order valence-corrected chi connectivity index (χ4v) is 7.00. The molecule has 6 nitrogen and oxygen atoms in total. The quantitative estimate of drug-likeness (QED) is 0.340. The van der Waals surface area contributed by atoms with Gasteiger partial charge >= 0.3 is 0 Å².